The van der Waals surface area contributed by atoms with Gasteiger partial charge in [0.1, 0.15) is 18.0 Å². The quantitative estimate of drug-likeness (QED) is 0.309. The average molecular weight is 367 g/mol. The SMILES string of the molecule is C[N+](C)(C)CC(O)C(=O)c1cc(O)cc(O)c1.[I-]. The third kappa shape index (κ3) is 5.19. The summed E-state index contributed by atoms with van der Waals surface area (Å²) < 4.78 is 0.442. The van der Waals surface area contributed by atoms with Gasteiger partial charge >= 0.3 is 0 Å². The summed E-state index contributed by atoms with van der Waals surface area (Å²) in [7, 11) is 5.57. The number of aromatic hydroxyl groups is 2. The minimum absolute atomic E-state index is 0. The van der Waals surface area contributed by atoms with Gasteiger partial charge in [0.25, 0.3) is 0 Å². The molecule has 0 aromatic heterocycles. The van der Waals surface area contributed by atoms with Crippen LogP contribution in [-0.4, -0.2) is 59.4 Å². The molecule has 0 heterocycles. The average Bonchev–Trinajstić information content (AvgIpc) is 2.12. The van der Waals surface area contributed by atoms with Crippen LogP contribution < -0.4 is 24.0 Å². The Morgan fingerprint density at radius 1 is 1.17 bits per heavy atom. The molecule has 1 aromatic carbocycles. The summed E-state index contributed by atoms with van der Waals surface area (Å²) in [5, 5.41) is 28.3. The fourth-order valence-corrected chi connectivity index (χ4v) is 1.53. The van der Waals surface area contributed by atoms with E-state index in [4.69, 9.17) is 0 Å². The standard InChI is InChI=1S/C12H17NO4.HI/c1-13(2,3)7-11(16)12(17)8-4-9(14)6-10(15)5-8;/h4-6,11,16H,7H2,1-3H3,(H-,14,15);1H. The van der Waals surface area contributed by atoms with Crippen LogP contribution >= 0.6 is 0 Å². The number of hydrogen-bond donors (Lipinski definition) is 3. The Labute approximate surface area is 123 Å². The first-order valence-corrected chi connectivity index (χ1v) is 5.25. The van der Waals surface area contributed by atoms with Gasteiger partial charge in [-0.05, 0) is 12.1 Å². The maximum Gasteiger partial charge on any atom is 0.197 e. The molecule has 0 aliphatic heterocycles. The highest BCUT2D eigenvalue weighted by atomic mass is 127. The van der Waals surface area contributed by atoms with Crippen LogP contribution in [0.3, 0.4) is 0 Å². The van der Waals surface area contributed by atoms with E-state index in [0.717, 1.165) is 6.07 Å². The Morgan fingerprint density at radius 3 is 2.00 bits per heavy atom. The van der Waals surface area contributed by atoms with Gasteiger partial charge in [-0.2, -0.15) is 0 Å². The Bertz CT molecular complexity index is 408. The monoisotopic (exact) mass is 367 g/mol. The topological polar surface area (TPSA) is 77.8 Å². The van der Waals surface area contributed by atoms with Crippen LogP contribution in [0.1, 0.15) is 10.4 Å². The summed E-state index contributed by atoms with van der Waals surface area (Å²) in [5.74, 6) is -0.916. The summed E-state index contributed by atoms with van der Waals surface area (Å²) in [6.07, 6.45) is -1.16. The second kappa shape index (κ2) is 6.35. The number of nitrogens with zero attached hydrogens (tertiary/aromatic N) is 1. The van der Waals surface area contributed by atoms with Gasteiger partial charge in [0.05, 0.1) is 21.1 Å². The highest BCUT2D eigenvalue weighted by Gasteiger charge is 2.24. The molecule has 1 rings (SSSR count). The summed E-state index contributed by atoms with van der Waals surface area (Å²) in [4.78, 5) is 11.8. The van der Waals surface area contributed by atoms with E-state index in [-0.39, 0.29) is 47.6 Å². The molecule has 6 heteroatoms. The Balaban J connectivity index is 0.00000289. The lowest BCUT2D eigenvalue weighted by Gasteiger charge is -2.26. The van der Waals surface area contributed by atoms with Crippen LogP contribution in [-0.2, 0) is 0 Å². The number of ketones is 1. The largest absolute Gasteiger partial charge is 1.00 e. The zero-order valence-electron chi connectivity index (χ0n) is 10.6. The third-order valence-electron chi connectivity index (χ3n) is 2.21. The molecule has 0 amide bonds. The van der Waals surface area contributed by atoms with Crippen LogP contribution in [0.15, 0.2) is 18.2 Å². The number of Topliss-reactive ketones (excluding diaryl/α,β-unsaturated/α-hetero) is 1. The molecule has 18 heavy (non-hydrogen) atoms. The lowest BCUT2D eigenvalue weighted by Crippen LogP contribution is -3.00. The van der Waals surface area contributed by atoms with Crippen molar-refractivity contribution in [2.45, 2.75) is 6.10 Å². The number of halogens is 1. The first-order valence-electron chi connectivity index (χ1n) is 5.25. The minimum atomic E-state index is -1.16. The van der Waals surface area contributed by atoms with Crippen LogP contribution in [0.4, 0.5) is 0 Å². The van der Waals surface area contributed by atoms with E-state index in [0.29, 0.717) is 4.48 Å². The van der Waals surface area contributed by atoms with E-state index in [1.165, 1.54) is 12.1 Å². The lowest BCUT2D eigenvalue weighted by atomic mass is 10.0. The second-order valence-corrected chi connectivity index (χ2v) is 5.09. The molecule has 0 saturated heterocycles. The molecular weight excluding hydrogens is 349 g/mol. The molecular formula is C12H18INO4. The van der Waals surface area contributed by atoms with Crippen molar-refractivity contribution in [3.05, 3.63) is 23.8 Å². The van der Waals surface area contributed by atoms with Gasteiger partial charge < -0.3 is 43.8 Å². The zero-order valence-corrected chi connectivity index (χ0v) is 12.7. The smallest absolute Gasteiger partial charge is 0.197 e. The van der Waals surface area contributed by atoms with E-state index in [2.05, 4.69) is 0 Å². The number of phenolic OH excluding ortho intramolecular Hbond substituents is 2. The second-order valence-electron chi connectivity index (χ2n) is 5.09. The highest BCUT2D eigenvalue weighted by Crippen LogP contribution is 2.21. The number of aliphatic hydroxyl groups excluding tert-OH is 1. The van der Waals surface area contributed by atoms with E-state index >= 15 is 0 Å². The number of hydrogen-bond acceptors (Lipinski definition) is 4. The van der Waals surface area contributed by atoms with Gasteiger partial charge in [-0.3, -0.25) is 4.79 Å². The van der Waals surface area contributed by atoms with Crippen LogP contribution in [0, 0.1) is 0 Å². The van der Waals surface area contributed by atoms with Gasteiger partial charge in [-0.15, -0.1) is 0 Å². The van der Waals surface area contributed by atoms with Crippen molar-refractivity contribution in [2.24, 2.45) is 0 Å². The Morgan fingerprint density at radius 2 is 1.61 bits per heavy atom. The summed E-state index contributed by atoms with van der Waals surface area (Å²) in [5.41, 5.74) is 0.100. The number of likely N-dealkylation sites (N-methyl/N-ethyl adjacent to an activating group) is 1. The summed E-state index contributed by atoms with van der Waals surface area (Å²) in [6.45, 7) is 0.259. The van der Waals surface area contributed by atoms with Crippen molar-refractivity contribution in [1.82, 2.24) is 0 Å². The number of carbonyl (C=O) groups is 1. The zero-order chi connectivity index (χ0) is 13.2. The van der Waals surface area contributed by atoms with Gasteiger partial charge in [-0.25, -0.2) is 0 Å². The lowest BCUT2D eigenvalue weighted by molar-refractivity contribution is -0.872. The van der Waals surface area contributed by atoms with Crippen LogP contribution in [0.2, 0.25) is 0 Å². The first kappa shape index (κ1) is 17.1. The fraction of sp³-hybridized carbons (Fsp3) is 0.417. The van der Waals surface area contributed by atoms with Crippen molar-refractivity contribution in [3.63, 3.8) is 0 Å². The molecule has 0 aliphatic carbocycles. The molecule has 0 saturated carbocycles. The number of carbonyl (C=O) groups excluding carboxylic acids is 1. The first-order chi connectivity index (χ1) is 7.69. The van der Waals surface area contributed by atoms with Gasteiger partial charge in [-0.1, -0.05) is 0 Å². The summed E-state index contributed by atoms with van der Waals surface area (Å²) in [6, 6.07) is 3.57. The number of phenols is 2. The Hall–Kier alpha value is -0.860. The number of aliphatic hydroxyl groups is 1. The van der Waals surface area contributed by atoms with E-state index < -0.39 is 11.9 Å². The van der Waals surface area contributed by atoms with Gasteiger partial charge in [0.15, 0.2) is 11.9 Å². The molecule has 1 atom stereocenters. The van der Waals surface area contributed by atoms with E-state index in [1.54, 1.807) is 0 Å². The molecule has 0 bridgehead atoms. The molecule has 3 N–H and O–H groups in total. The van der Waals surface area contributed by atoms with Crippen molar-refractivity contribution >= 4 is 5.78 Å². The van der Waals surface area contributed by atoms with Crippen LogP contribution in [0.25, 0.3) is 0 Å². The third-order valence-corrected chi connectivity index (χ3v) is 2.21. The summed E-state index contributed by atoms with van der Waals surface area (Å²) >= 11 is 0. The maximum absolute atomic E-state index is 11.8. The molecule has 5 nitrogen and oxygen atoms in total. The predicted octanol–water partition coefficient (Wildman–Crippen LogP) is -2.65. The van der Waals surface area contributed by atoms with Gasteiger partial charge in [0, 0.05) is 11.6 Å². The van der Waals surface area contributed by atoms with Crippen molar-refractivity contribution in [3.8, 4) is 11.5 Å². The minimum Gasteiger partial charge on any atom is -1.00 e. The fourth-order valence-electron chi connectivity index (χ4n) is 1.53. The molecule has 0 radical (unpaired) electrons. The molecule has 1 aromatic rings. The van der Waals surface area contributed by atoms with Crippen molar-refractivity contribution in [1.29, 1.82) is 0 Å². The maximum atomic E-state index is 11.8. The van der Waals surface area contributed by atoms with Crippen molar-refractivity contribution in [2.75, 3.05) is 27.7 Å². The number of benzene rings is 1. The highest BCUT2D eigenvalue weighted by molar-refractivity contribution is 6.00. The Kier molecular flexibility index (Phi) is 6.05. The molecule has 0 spiro atoms. The molecule has 1 unspecified atom stereocenters. The van der Waals surface area contributed by atoms with Crippen LogP contribution in [0.5, 0.6) is 11.5 Å². The van der Waals surface area contributed by atoms with E-state index in [9.17, 15) is 20.1 Å². The predicted molar refractivity (Wildman–Crippen MR) is 63.0 cm³/mol. The van der Waals surface area contributed by atoms with E-state index in [1.807, 2.05) is 21.1 Å². The van der Waals surface area contributed by atoms with Crippen molar-refractivity contribution < 1.29 is 48.6 Å². The number of quaternary nitrogens is 1. The molecule has 0 fully saturated rings. The van der Waals surface area contributed by atoms with Gasteiger partial charge in [0.2, 0.25) is 0 Å². The molecule has 102 valence electrons. The normalized spacial score (nSPS) is 12.7. The number of rotatable bonds is 4. The molecule has 0 aliphatic rings.